The van der Waals surface area contributed by atoms with Crippen LogP contribution in [0.3, 0.4) is 0 Å². The summed E-state index contributed by atoms with van der Waals surface area (Å²) in [6.45, 7) is 4.04. The number of aromatic nitrogens is 2. The number of benzene rings is 1. The number of halogens is 1. The second-order valence-electron chi connectivity index (χ2n) is 5.88. The lowest BCUT2D eigenvalue weighted by Crippen LogP contribution is -2.51. The highest BCUT2D eigenvalue weighted by Gasteiger charge is 2.20. The number of hydrogen-bond donors (Lipinski definition) is 1. The van der Waals surface area contributed by atoms with Crippen molar-refractivity contribution in [2.75, 3.05) is 37.9 Å². The minimum Gasteiger partial charge on any atom is -0.454 e. The number of nitrogens with zero attached hydrogens (tertiary/aromatic N) is 5. The topological polar surface area (TPSA) is 89.1 Å². The molecule has 0 aliphatic carbocycles. The Balaban J connectivity index is 0.00000196. The van der Waals surface area contributed by atoms with Crippen LogP contribution in [0.4, 0.5) is 5.95 Å². The van der Waals surface area contributed by atoms with Gasteiger partial charge in [-0.2, -0.15) is 0 Å². The van der Waals surface area contributed by atoms with Crippen molar-refractivity contribution in [2.45, 2.75) is 6.54 Å². The molecule has 1 fully saturated rings. The third-order valence-corrected chi connectivity index (χ3v) is 4.30. The number of piperazine rings is 1. The minimum atomic E-state index is 0. The Bertz CT molecular complexity index is 765. The van der Waals surface area contributed by atoms with E-state index in [-0.39, 0.29) is 30.8 Å². The maximum Gasteiger partial charge on any atom is 0.231 e. The molecule has 138 valence electrons. The van der Waals surface area contributed by atoms with E-state index in [0.29, 0.717) is 12.5 Å². The summed E-state index contributed by atoms with van der Waals surface area (Å²) in [6, 6.07) is 7.65. The predicted octanol–water partition coefficient (Wildman–Crippen LogP) is 1.46. The van der Waals surface area contributed by atoms with Crippen LogP contribution in [0.2, 0.25) is 0 Å². The first kappa shape index (κ1) is 18.5. The Morgan fingerprint density at radius 3 is 2.58 bits per heavy atom. The zero-order valence-corrected chi connectivity index (χ0v) is 16.6. The molecule has 2 N–H and O–H groups in total. The summed E-state index contributed by atoms with van der Waals surface area (Å²) in [7, 11) is 0. The molecule has 9 heteroatoms. The van der Waals surface area contributed by atoms with Crippen LogP contribution in [-0.2, 0) is 6.54 Å². The Labute approximate surface area is 169 Å². The first-order valence-electron chi connectivity index (χ1n) is 8.25. The van der Waals surface area contributed by atoms with Gasteiger partial charge in [-0.1, -0.05) is 6.07 Å². The quantitative estimate of drug-likeness (QED) is 0.415. The first-order chi connectivity index (χ1) is 12.3. The third kappa shape index (κ3) is 4.09. The number of ether oxygens (including phenoxy) is 2. The third-order valence-electron chi connectivity index (χ3n) is 4.30. The van der Waals surface area contributed by atoms with Crippen molar-refractivity contribution in [1.29, 1.82) is 0 Å². The molecular weight excluding hydrogens is 447 g/mol. The van der Waals surface area contributed by atoms with E-state index < -0.39 is 0 Å². The second kappa shape index (κ2) is 8.39. The summed E-state index contributed by atoms with van der Waals surface area (Å²) in [5.41, 5.74) is 7.21. The monoisotopic (exact) mass is 468 g/mol. The first-order valence-corrected chi connectivity index (χ1v) is 8.25. The van der Waals surface area contributed by atoms with Gasteiger partial charge in [0.25, 0.3) is 0 Å². The summed E-state index contributed by atoms with van der Waals surface area (Å²) in [4.78, 5) is 17.3. The number of aliphatic imine (C=N–C) groups is 1. The molecule has 0 unspecified atom stereocenters. The molecule has 0 atom stereocenters. The molecule has 4 rings (SSSR count). The largest absolute Gasteiger partial charge is 0.454 e. The van der Waals surface area contributed by atoms with Crippen molar-refractivity contribution in [1.82, 2.24) is 14.9 Å². The van der Waals surface area contributed by atoms with Crippen molar-refractivity contribution in [3.8, 4) is 11.5 Å². The highest BCUT2D eigenvalue weighted by molar-refractivity contribution is 14.0. The van der Waals surface area contributed by atoms with Crippen LogP contribution in [0.1, 0.15) is 5.56 Å². The van der Waals surface area contributed by atoms with Crippen molar-refractivity contribution in [3.63, 3.8) is 0 Å². The van der Waals surface area contributed by atoms with Crippen LogP contribution in [-0.4, -0.2) is 53.8 Å². The van der Waals surface area contributed by atoms with Gasteiger partial charge < -0.3 is 25.0 Å². The second-order valence-corrected chi connectivity index (χ2v) is 5.88. The lowest BCUT2D eigenvalue weighted by atomic mass is 10.2. The van der Waals surface area contributed by atoms with E-state index in [9.17, 15) is 0 Å². The van der Waals surface area contributed by atoms with Gasteiger partial charge in [-0.3, -0.25) is 0 Å². The van der Waals surface area contributed by atoms with Crippen LogP contribution in [0.15, 0.2) is 41.7 Å². The Hall–Kier alpha value is -2.30. The van der Waals surface area contributed by atoms with Gasteiger partial charge in [0.2, 0.25) is 12.7 Å². The van der Waals surface area contributed by atoms with Gasteiger partial charge >= 0.3 is 0 Å². The van der Waals surface area contributed by atoms with Crippen LogP contribution in [0.25, 0.3) is 0 Å². The van der Waals surface area contributed by atoms with Gasteiger partial charge in [-0.25, -0.2) is 15.0 Å². The zero-order chi connectivity index (χ0) is 17.1. The summed E-state index contributed by atoms with van der Waals surface area (Å²) < 4.78 is 10.7. The Morgan fingerprint density at radius 1 is 1.08 bits per heavy atom. The molecule has 1 saturated heterocycles. The van der Waals surface area contributed by atoms with E-state index in [1.54, 1.807) is 12.4 Å². The number of guanidine groups is 1. The number of hydrogen-bond acceptors (Lipinski definition) is 6. The van der Waals surface area contributed by atoms with Gasteiger partial charge in [0.1, 0.15) is 0 Å². The molecule has 3 heterocycles. The van der Waals surface area contributed by atoms with Crippen LogP contribution in [0.5, 0.6) is 11.5 Å². The molecule has 0 radical (unpaired) electrons. The lowest BCUT2D eigenvalue weighted by Gasteiger charge is -2.35. The van der Waals surface area contributed by atoms with Crippen molar-refractivity contribution >= 4 is 35.9 Å². The SMILES string of the molecule is I.NC(=NCc1ccc2c(c1)OCO2)N1CCN(c2ncccn2)CC1. The number of fused-ring (bicyclic) bond motifs is 1. The molecule has 0 bridgehead atoms. The fraction of sp³-hybridized carbons (Fsp3) is 0.353. The maximum atomic E-state index is 6.16. The van der Waals surface area contributed by atoms with E-state index >= 15 is 0 Å². The molecule has 2 aliphatic rings. The average molecular weight is 468 g/mol. The van der Waals surface area contributed by atoms with E-state index in [1.807, 2.05) is 24.3 Å². The predicted molar refractivity (Wildman–Crippen MR) is 109 cm³/mol. The van der Waals surface area contributed by atoms with Gasteiger partial charge in [-0.05, 0) is 23.8 Å². The molecule has 26 heavy (non-hydrogen) atoms. The average Bonchev–Trinajstić information content (AvgIpc) is 3.15. The maximum absolute atomic E-state index is 6.16. The number of nitrogens with two attached hydrogens (primary N) is 1. The summed E-state index contributed by atoms with van der Waals surface area (Å²) in [6.07, 6.45) is 3.52. The molecule has 0 saturated carbocycles. The van der Waals surface area contributed by atoms with Crippen molar-refractivity contribution < 1.29 is 9.47 Å². The van der Waals surface area contributed by atoms with Crippen LogP contribution < -0.4 is 20.1 Å². The summed E-state index contributed by atoms with van der Waals surface area (Å²) in [5, 5.41) is 0. The Morgan fingerprint density at radius 2 is 1.81 bits per heavy atom. The number of rotatable bonds is 3. The number of anilines is 1. The van der Waals surface area contributed by atoms with E-state index in [4.69, 9.17) is 15.2 Å². The zero-order valence-electron chi connectivity index (χ0n) is 14.2. The van der Waals surface area contributed by atoms with Gasteiger partial charge in [-0.15, -0.1) is 24.0 Å². The smallest absolute Gasteiger partial charge is 0.231 e. The van der Waals surface area contributed by atoms with Crippen molar-refractivity contribution in [2.24, 2.45) is 10.7 Å². The highest BCUT2D eigenvalue weighted by Crippen LogP contribution is 2.32. The van der Waals surface area contributed by atoms with E-state index in [0.717, 1.165) is 49.2 Å². The lowest BCUT2D eigenvalue weighted by molar-refractivity contribution is 0.174. The molecule has 1 aromatic heterocycles. The summed E-state index contributed by atoms with van der Waals surface area (Å²) >= 11 is 0. The van der Waals surface area contributed by atoms with E-state index in [2.05, 4.69) is 24.8 Å². The fourth-order valence-electron chi connectivity index (χ4n) is 2.90. The molecule has 0 spiro atoms. The van der Waals surface area contributed by atoms with E-state index in [1.165, 1.54) is 0 Å². The molecular formula is C17H21IN6O2. The highest BCUT2D eigenvalue weighted by atomic mass is 127. The summed E-state index contributed by atoms with van der Waals surface area (Å²) in [5.74, 6) is 2.87. The fourth-order valence-corrected chi connectivity index (χ4v) is 2.90. The Kier molecular flexibility index (Phi) is 5.96. The minimum absolute atomic E-state index is 0. The van der Waals surface area contributed by atoms with Crippen LogP contribution >= 0.6 is 24.0 Å². The van der Waals surface area contributed by atoms with Gasteiger partial charge in [0, 0.05) is 38.6 Å². The molecule has 0 amide bonds. The normalized spacial score (nSPS) is 16.4. The van der Waals surface area contributed by atoms with Crippen LogP contribution in [0, 0.1) is 0 Å². The van der Waals surface area contributed by atoms with Gasteiger partial charge in [0.15, 0.2) is 17.5 Å². The van der Waals surface area contributed by atoms with Gasteiger partial charge in [0.05, 0.1) is 6.54 Å². The van der Waals surface area contributed by atoms with Crippen molar-refractivity contribution in [3.05, 3.63) is 42.2 Å². The molecule has 2 aliphatic heterocycles. The molecule has 1 aromatic carbocycles. The molecule has 8 nitrogen and oxygen atoms in total. The molecule has 2 aromatic rings. The standard InChI is InChI=1S/C17H20N6O2.HI/c18-16(21-11-13-2-3-14-15(10-13)25-12-24-14)22-6-8-23(9-7-22)17-19-4-1-5-20-17;/h1-5,10H,6-9,11-12H2,(H2,18,21);1H.